The maximum atomic E-state index is 12.9. The van der Waals surface area contributed by atoms with Gasteiger partial charge in [-0.3, -0.25) is 0 Å². The molecule has 1 nitrogen and oxygen atoms in total. The quantitative estimate of drug-likeness (QED) is 0.661. The Morgan fingerprint density at radius 2 is 1.88 bits per heavy atom. The summed E-state index contributed by atoms with van der Waals surface area (Å²) in [4.78, 5) is 0. The van der Waals surface area contributed by atoms with Crippen molar-refractivity contribution in [2.45, 2.75) is 19.1 Å². The van der Waals surface area contributed by atoms with Gasteiger partial charge in [0, 0.05) is 17.6 Å². The molecule has 0 atom stereocenters. The average molecular weight is 300 g/mol. The first-order valence-corrected chi connectivity index (χ1v) is 5.38. The van der Waals surface area contributed by atoms with E-state index in [1.807, 2.05) is 0 Å². The second kappa shape index (κ2) is 5.63. The van der Waals surface area contributed by atoms with Gasteiger partial charge in [0.1, 0.15) is 5.82 Å². The van der Waals surface area contributed by atoms with Crippen LogP contribution >= 0.6 is 15.9 Å². The van der Waals surface area contributed by atoms with Crippen molar-refractivity contribution in [3.63, 3.8) is 0 Å². The molecule has 0 saturated heterocycles. The standard InChI is InChI=1S/C10H10BrF4N/c11-8-3-7(4-9(12)5-8)6-16-2-1-10(13,14)15/h3-5,16H,1-2,6H2. The third kappa shape index (κ3) is 5.46. The van der Waals surface area contributed by atoms with Crippen LogP contribution in [0.5, 0.6) is 0 Å². The number of alkyl halides is 3. The Morgan fingerprint density at radius 1 is 1.19 bits per heavy atom. The number of hydrogen-bond acceptors (Lipinski definition) is 1. The highest BCUT2D eigenvalue weighted by atomic mass is 79.9. The fourth-order valence-electron chi connectivity index (χ4n) is 1.18. The second-order valence-electron chi connectivity index (χ2n) is 3.32. The number of halogens is 5. The molecule has 0 aliphatic heterocycles. The monoisotopic (exact) mass is 299 g/mol. The predicted octanol–water partition coefficient (Wildman–Crippen LogP) is 3.63. The van der Waals surface area contributed by atoms with Gasteiger partial charge in [0.2, 0.25) is 0 Å². The van der Waals surface area contributed by atoms with Crippen LogP contribution < -0.4 is 5.32 Å². The van der Waals surface area contributed by atoms with Crippen LogP contribution in [0.4, 0.5) is 17.6 Å². The van der Waals surface area contributed by atoms with Gasteiger partial charge in [-0.05, 0) is 23.8 Å². The molecule has 0 aliphatic carbocycles. The molecular formula is C10H10BrF4N. The molecule has 90 valence electrons. The van der Waals surface area contributed by atoms with E-state index in [-0.39, 0.29) is 13.1 Å². The van der Waals surface area contributed by atoms with Crippen LogP contribution in [-0.4, -0.2) is 12.7 Å². The highest BCUT2D eigenvalue weighted by Gasteiger charge is 2.25. The van der Waals surface area contributed by atoms with E-state index in [0.717, 1.165) is 0 Å². The molecule has 0 spiro atoms. The Bertz CT molecular complexity index is 331. The first-order valence-electron chi connectivity index (χ1n) is 4.59. The van der Waals surface area contributed by atoms with Crippen LogP contribution in [0, 0.1) is 5.82 Å². The van der Waals surface area contributed by atoms with Crippen LogP contribution in [0.1, 0.15) is 12.0 Å². The lowest BCUT2D eigenvalue weighted by Gasteiger charge is -2.08. The SMILES string of the molecule is Fc1cc(Br)cc(CNCCC(F)(F)F)c1. The average Bonchev–Trinajstić information content (AvgIpc) is 2.09. The first kappa shape index (κ1) is 13.4. The summed E-state index contributed by atoms with van der Waals surface area (Å²) in [6.07, 6.45) is -5.04. The third-order valence-corrected chi connectivity index (χ3v) is 2.29. The summed E-state index contributed by atoms with van der Waals surface area (Å²) < 4.78 is 48.9. The van der Waals surface area contributed by atoms with Gasteiger partial charge in [-0.2, -0.15) is 13.2 Å². The van der Waals surface area contributed by atoms with Gasteiger partial charge in [-0.15, -0.1) is 0 Å². The lowest BCUT2D eigenvalue weighted by molar-refractivity contribution is -0.133. The largest absolute Gasteiger partial charge is 0.390 e. The lowest BCUT2D eigenvalue weighted by atomic mass is 10.2. The molecule has 0 unspecified atom stereocenters. The summed E-state index contributed by atoms with van der Waals surface area (Å²) >= 11 is 3.11. The van der Waals surface area contributed by atoms with Gasteiger partial charge < -0.3 is 5.32 Å². The van der Waals surface area contributed by atoms with E-state index in [4.69, 9.17) is 0 Å². The normalized spacial score (nSPS) is 11.8. The van der Waals surface area contributed by atoms with Crippen LogP contribution in [0.2, 0.25) is 0 Å². The van der Waals surface area contributed by atoms with E-state index in [0.29, 0.717) is 10.0 Å². The van der Waals surface area contributed by atoms with E-state index in [1.54, 1.807) is 6.07 Å². The minimum Gasteiger partial charge on any atom is -0.312 e. The van der Waals surface area contributed by atoms with Gasteiger partial charge in [-0.25, -0.2) is 4.39 Å². The molecule has 1 aromatic rings. The highest BCUT2D eigenvalue weighted by Crippen LogP contribution is 2.18. The summed E-state index contributed by atoms with van der Waals surface area (Å²) in [5, 5.41) is 2.61. The van der Waals surface area contributed by atoms with Gasteiger partial charge >= 0.3 is 6.18 Å². The number of nitrogens with one attached hydrogen (secondary N) is 1. The molecule has 0 fully saturated rings. The molecule has 16 heavy (non-hydrogen) atoms. The minimum absolute atomic E-state index is 0.169. The zero-order valence-corrected chi connectivity index (χ0v) is 9.83. The molecule has 0 aliphatic rings. The topological polar surface area (TPSA) is 12.0 Å². The molecular weight excluding hydrogens is 290 g/mol. The molecule has 0 saturated carbocycles. The van der Waals surface area contributed by atoms with Crippen LogP contribution in [0.25, 0.3) is 0 Å². The number of benzene rings is 1. The van der Waals surface area contributed by atoms with E-state index in [1.165, 1.54) is 12.1 Å². The van der Waals surface area contributed by atoms with Crippen molar-refractivity contribution in [3.8, 4) is 0 Å². The van der Waals surface area contributed by atoms with Crippen molar-refractivity contribution in [2.24, 2.45) is 0 Å². The molecule has 6 heteroatoms. The zero-order chi connectivity index (χ0) is 12.2. The van der Waals surface area contributed by atoms with Crippen LogP contribution in [0.15, 0.2) is 22.7 Å². The molecule has 1 N–H and O–H groups in total. The molecule has 1 aromatic carbocycles. The van der Waals surface area contributed by atoms with Crippen molar-refractivity contribution in [3.05, 3.63) is 34.1 Å². The Morgan fingerprint density at radius 3 is 2.44 bits per heavy atom. The molecule has 1 rings (SSSR count). The third-order valence-electron chi connectivity index (χ3n) is 1.84. The van der Waals surface area contributed by atoms with Gasteiger partial charge in [0.05, 0.1) is 6.42 Å². The number of rotatable bonds is 4. The van der Waals surface area contributed by atoms with E-state index >= 15 is 0 Å². The van der Waals surface area contributed by atoms with Crippen LogP contribution in [-0.2, 0) is 6.54 Å². The maximum absolute atomic E-state index is 12.9. The number of hydrogen-bond donors (Lipinski definition) is 1. The van der Waals surface area contributed by atoms with Gasteiger partial charge in [-0.1, -0.05) is 15.9 Å². The Kier molecular flexibility index (Phi) is 4.73. The molecule has 0 aromatic heterocycles. The molecule has 0 radical (unpaired) electrons. The molecule has 0 heterocycles. The highest BCUT2D eigenvalue weighted by molar-refractivity contribution is 9.10. The summed E-state index contributed by atoms with van der Waals surface area (Å²) in [5.74, 6) is -0.415. The molecule has 0 bridgehead atoms. The van der Waals surface area contributed by atoms with Crippen molar-refractivity contribution in [1.82, 2.24) is 5.32 Å². The summed E-state index contributed by atoms with van der Waals surface area (Å²) in [5.41, 5.74) is 0.606. The maximum Gasteiger partial charge on any atom is 0.390 e. The summed E-state index contributed by atoms with van der Waals surface area (Å²) in [6, 6.07) is 4.23. The Hall–Kier alpha value is -0.620. The zero-order valence-electron chi connectivity index (χ0n) is 8.24. The van der Waals surface area contributed by atoms with Gasteiger partial charge in [0.15, 0.2) is 0 Å². The Labute approximate surface area is 99.0 Å². The van der Waals surface area contributed by atoms with Crippen molar-refractivity contribution in [2.75, 3.05) is 6.54 Å². The van der Waals surface area contributed by atoms with Crippen molar-refractivity contribution >= 4 is 15.9 Å². The van der Waals surface area contributed by atoms with E-state index in [9.17, 15) is 17.6 Å². The Balaban J connectivity index is 2.37. The van der Waals surface area contributed by atoms with Gasteiger partial charge in [0.25, 0.3) is 0 Å². The smallest absolute Gasteiger partial charge is 0.312 e. The summed E-state index contributed by atoms with van der Waals surface area (Å²) in [6.45, 7) is 0.0457. The molecule has 0 amide bonds. The van der Waals surface area contributed by atoms with E-state index in [2.05, 4.69) is 21.2 Å². The predicted molar refractivity (Wildman–Crippen MR) is 56.5 cm³/mol. The van der Waals surface area contributed by atoms with Crippen molar-refractivity contribution in [1.29, 1.82) is 0 Å². The fraction of sp³-hybridized carbons (Fsp3) is 0.400. The fourth-order valence-corrected chi connectivity index (χ4v) is 1.69. The summed E-state index contributed by atoms with van der Waals surface area (Å²) in [7, 11) is 0. The minimum atomic E-state index is -4.16. The van der Waals surface area contributed by atoms with E-state index < -0.39 is 18.4 Å². The van der Waals surface area contributed by atoms with Crippen molar-refractivity contribution < 1.29 is 17.6 Å². The van der Waals surface area contributed by atoms with Crippen LogP contribution in [0.3, 0.4) is 0 Å². The first-order chi connectivity index (χ1) is 7.37. The second-order valence-corrected chi connectivity index (χ2v) is 4.24. The lowest BCUT2D eigenvalue weighted by Crippen LogP contribution is -2.21.